The minimum Gasteiger partial charge on any atom is -0.330 e. The molecule has 0 aliphatic rings. The minimum absolute atomic E-state index is 0.460. The SMILES string of the molecule is N#Cc1nc(CCN)sc1-c1cccnc1. The molecule has 0 aromatic carbocycles. The average Bonchev–Trinajstić information content (AvgIpc) is 2.74. The molecule has 0 bridgehead atoms. The number of thiazole rings is 1. The molecule has 16 heavy (non-hydrogen) atoms. The number of rotatable bonds is 3. The third kappa shape index (κ3) is 2.08. The molecular weight excluding hydrogens is 220 g/mol. The van der Waals surface area contributed by atoms with Gasteiger partial charge in [-0.15, -0.1) is 11.3 Å². The first-order chi connectivity index (χ1) is 7.85. The molecule has 0 atom stereocenters. The fraction of sp³-hybridized carbons (Fsp3) is 0.182. The third-order valence-corrected chi connectivity index (χ3v) is 3.22. The standard InChI is InChI=1S/C11H10N4S/c12-4-3-10-15-9(6-13)11(16-10)8-2-1-5-14-7-8/h1-2,5,7H,3-4,12H2. The largest absolute Gasteiger partial charge is 0.330 e. The molecule has 2 N–H and O–H groups in total. The van der Waals surface area contributed by atoms with Gasteiger partial charge in [0.1, 0.15) is 6.07 Å². The molecule has 0 saturated heterocycles. The number of nitrogens with two attached hydrogens (primary N) is 1. The van der Waals surface area contributed by atoms with E-state index in [4.69, 9.17) is 11.0 Å². The van der Waals surface area contributed by atoms with Crippen LogP contribution in [-0.2, 0) is 6.42 Å². The van der Waals surface area contributed by atoms with E-state index in [2.05, 4.69) is 16.0 Å². The van der Waals surface area contributed by atoms with Gasteiger partial charge < -0.3 is 5.73 Å². The molecule has 0 aliphatic carbocycles. The van der Waals surface area contributed by atoms with Crippen molar-refractivity contribution in [1.82, 2.24) is 9.97 Å². The fourth-order valence-corrected chi connectivity index (χ4v) is 2.38. The Morgan fingerprint density at radius 2 is 2.38 bits per heavy atom. The normalized spacial score (nSPS) is 10.0. The summed E-state index contributed by atoms with van der Waals surface area (Å²) in [6, 6.07) is 5.87. The quantitative estimate of drug-likeness (QED) is 0.868. The van der Waals surface area contributed by atoms with Gasteiger partial charge in [-0.05, 0) is 12.6 Å². The van der Waals surface area contributed by atoms with E-state index < -0.39 is 0 Å². The maximum absolute atomic E-state index is 9.00. The Labute approximate surface area is 97.4 Å². The van der Waals surface area contributed by atoms with Crippen molar-refractivity contribution >= 4 is 11.3 Å². The van der Waals surface area contributed by atoms with Crippen molar-refractivity contribution in [2.45, 2.75) is 6.42 Å². The number of nitriles is 1. The molecule has 2 aromatic rings. The molecule has 0 spiro atoms. The summed E-state index contributed by atoms with van der Waals surface area (Å²) in [5.41, 5.74) is 6.86. The Morgan fingerprint density at radius 1 is 1.50 bits per heavy atom. The first-order valence-corrected chi connectivity index (χ1v) is 5.67. The van der Waals surface area contributed by atoms with E-state index >= 15 is 0 Å². The number of nitrogens with zero attached hydrogens (tertiary/aromatic N) is 3. The third-order valence-electron chi connectivity index (χ3n) is 2.06. The van der Waals surface area contributed by atoms with Crippen LogP contribution in [0.2, 0.25) is 0 Å². The summed E-state index contributed by atoms with van der Waals surface area (Å²) in [6.45, 7) is 0.546. The summed E-state index contributed by atoms with van der Waals surface area (Å²) in [5, 5.41) is 9.90. The molecule has 0 saturated carbocycles. The first-order valence-electron chi connectivity index (χ1n) is 4.85. The summed E-state index contributed by atoms with van der Waals surface area (Å²) in [6.07, 6.45) is 4.15. The zero-order valence-electron chi connectivity index (χ0n) is 8.55. The Balaban J connectivity index is 2.45. The van der Waals surface area contributed by atoms with Crippen molar-refractivity contribution in [2.75, 3.05) is 6.54 Å². The molecule has 5 heteroatoms. The first kappa shape index (κ1) is 10.7. The van der Waals surface area contributed by atoms with Crippen LogP contribution in [0.4, 0.5) is 0 Å². The number of pyridine rings is 1. The molecule has 0 radical (unpaired) electrons. The van der Waals surface area contributed by atoms with Crippen LogP contribution >= 0.6 is 11.3 Å². The molecule has 4 nitrogen and oxygen atoms in total. The lowest BCUT2D eigenvalue weighted by Gasteiger charge is -1.94. The number of aromatic nitrogens is 2. The number of hydrogen-bond donors (Lipinski definition) is 1. The van der Waals surface area contributed by atoms with E-state index in [-0.39, 0.29) is 0 Å². The summed E-state index contributed by atoms with van der Waals surface area (Å²) in [4.78, 5) is 9.16. The van der Waals surface area contributed by atoms with Crippen LogP contribution in [0.25, 0.3) is 10.4 Å². The monoisotopic (exact) mass is 230 g/mol. The molecular formula is C11H10N4S. The van der Waals surface area contributed by atoms with Crippen molar-refractivity contribution in [3.63, 3.8) is 0 Å². The van der Waals surface area contributed by atoms with E-state index in [0.717, 1.165) is 15.4 Å². The van der Waals surface area contributed by atoms with Crippen molar-refractivity contribution in [2.24, 2.45) is 5.73 Å². The lowest BCUT2D eigenvalue weighted by Crippen LogP contribution is -2.01. The van der Waals surface area contributed by atoms with Crippen LogP contribution in [-0.4, -0.2) is 16.5 Å². The van der Waals surface area contributed by atoms with Crippen molar-refractivity contribution in [3.05, 3.63) is 35.2 Å². The molecule has 80 valence electrons. The molecule has 0 amide bonds. The van der Waals surface area contributed by atoms with Crippen LogP contribution in [0.5, 0.6) is 0 Å². The summed E-state index contributed by atoms with van der Waals surface area (Å²) < 4.78 is 0. The van der Waals surface area contributed by atoms with Gasteiger partial charge in [0.15, 0.2) is 5.69 Å². The van der Waals surface area contributed by atoms with E-state index in [0.29, 0.717) is 18.7 Å². The summed E-state index contributed by atoms with van der Waals surface area (Å²) in [5.74, 6) is 0. The van der Waals surface area contributed by atoms with Gasteiger partial charge >= 0.3 is 0 Å². The zero-order chi connectivity index (χ0) is 11.4. The Bertz CT molecular complexity index is 513. The number of hydrogen-bond acceptors (Lipinski definition) is 5. The Kier molecular flexibility index (Phi) is 3.25. The molecule has 0 aliphatic heterocycles. The van der Waals surface area contributed by atoms with Gasteiger partial charge in [0.25, 0.3) is 0 Å². The Hall–Kier alpha value is -1.77. The predicted octanol–water partition coefficient (Wildman–Crippen LogP) is 1.58. The highest BCUT2D eigenvalue weighted by Gasteiger charge is 2.12. The minimum atomic E-state index is 0.460. The highest BCUT2D eigenvalue weighted by atomic mass is 32.1. The van der Waals surface area contributed by atoms with Crippen LogP contribution in [0, 0.1) is 11.3 Å². The molecule has 2 heterocycles. The predicted molar refractivity (Wildman–Crippen MR) is 62.8 cm³/mol. The highest BCUT2D eigenvalue weighted by Crippen LogP contribution is 2.29. The van der Waals surface area contributed by atoms with Crippen LogP contribution < -0.4 is 5.73 Å². The fourth-order valence-electron chi connectivity index (χ4n) is 1.36. The molecule has 0 fully saturated rings. The summed E-state index contributed by atoms with van der Waals surface area (Å²) in [7, 11) is 0. The second-order valence-corrected chi connectivity index (χ2v) is 4.26. The van der Waals surface area contributed by atoms with E-state index in [9.17, 15) is 0 Å². The van der Waals surface area contributed by atoms with Gasteiger partial charge in [0.05, 0.1) is 9.88 Å². The van der Waals surface area contributed by atoms with Crippen molar-refractivity contribution < 1.29 is 0 Å². The van der Waals surface area contributed by atoms with Gasteiger partial charge in [-0.25, -0.2) is 4.98 Å². The van der Waals surface area contributed by atoms with E-state index in [1.54, 1.807) is 12.4 Å². The van der Waals surface area contributed by atoms with Crippen molar-refractivity contribution in [3.8, 4) is 16.5 Å². The van der Waals surface area contributed by atoms with Gasteiger partial charge in [-0.1, -0.05) is 6.07 Å². The van der Waals surface area contributed by atoms with Crippen LogP contribution in [0.1, 0.15) is 10.7 Å². The van der Waals surface area contributed by atoms with Crippen LogP contribution in [0.3, 0.4) is 0 Å². The second kappa shape index (κ2) is 4.84. The van der Waals surface area contributed by atoms with Crippen molar-refractivity contribution in [1.29, 1.82) is 5.26 Å². The lowest BCUT2D eigenvalue weighted by molar-refractivity contribution is 0.950. The topological polar surface area (TPSA) is 75.6 Å². The van der Waals surface area contributed by atoms with E-state index in [1.807, 2.05) is 12.1 Å². The maximum atomic E-state index is 9.00. The zero-order valence-corrected chi connectivity index (χ0v) is 9.37. The lowest BCUT2D eigenvalue weighted by atomic mass is 10.2. The van der Waals surface area contributed by atoms with Crippen LogP contribution in [0.15, 0.2) is 24.5 Å². The molecule has 2 aromatic heterocycles. The smallest absolute Gasteiger partial charge is 0.159 e. The maximum Gasteiger partial charge on any atom is 0.159 e. The van der Waals surface area contributed by atoms with Gasteiger partial charge in [-0.2, -0.15) is 5.26 Å². The van der Waals surface area contributed by atoms with E-state index in [1.165, 1.54) is 11.3 Å². The summed E-state index contributed by atoms with van der Waals surface area (Å²) >= 11 is 1.51. The Morgan fingerprint density at radius 3 is 3.00 bits per heavy atom. The second-order valence-electron chi connectivity index (χ2n) is 3.18. The van der Waals surface area contributed by atoms with Gasteiger partial charge in [0.2, 0.25) is 0 Å². The van der Waals surface area contributed by atoms with Gasteiger partial charge in [0, 0.05) is 24.4 Å². The van der Waals surface area contributed by atoms with Gasteiger partial charge in [-0.3, -0.25) is 4.98 Å². The average molecular weight is 230 g/mol. The molecule has 0 unspecified atom stereocenters. The molecule has 2 rings (SSSR count). The highest BCUT2D eigenvalue weighted by molar-refractivity contribution is 7.15.